The molecule has 0 saturated carbocycles. The number of Topliss-reactive ketones (excluding diaryl/α,β-unsaturated/α-hetero) is 2. The van der Waals surface area contributed by atoms with E-state index in [1.54, 1.807) is 0 Å². The number of carbonyl (C=O) groups is 3. The summed E-state index contributed by atoms with van der Waals surface area (Å²) in [5.74, 6) is -2.27. The number of ketones is 2. The lowest BCUT2D eigenvalue weighted by atomic mass is 9.92. The quantitative estimate of drug-likeness (QED) is 0.0311. The first-order valence-corrected chi connectivity index (χ1v) is 19.3. The molecule has 0 N–H and O–H groups in total. The van der Waals surface area contributed by atoms with E-state index in [1.165, 1.54) is 141 Å². The molecule has 0 aromatic heterocycles. The molecule has 4 heteroatoms. The SMILES string of the molecule is CCCCCCCCCCCCCCCCC(=O)C(=O)C(CCCCCCCCCCCCCCCC)C(=O)OCCC. The Kier molecular flexibility index (Phi) is 32.8. The van der Waals surface area contributed by atoms with Gasteiger partial charge in [-0.2, -0.15) is 0 Å². The van der Waals surface area contributed by atoms with E-state index in [0.29, 0.717) is 13.0 Å². The first kappa shape index (κ1) is 41.8. The number of hydrogen-bond acceptors (Lipinski definition) is 4. The van der Waals surface area contributed by atoms with Gasteiger partial charge in [-0.1, -0.05) is 194 Å². The maximum absolute atomic E-state index is 12.9. The Labute approximate surface area is 268 Å². The highest BCUT2D eigenvalue weighted by molar-refractivity contribution is 6.41. The zero-order valence-corrected chi connectivity index (χ0v) is 29.3. The Bertz CT molecular complexity index is 629. The highest BCUT2D eigenvalue weighted by Crippen LogP contribution is 2.19. The molecule has 0 aliphatic carbocycles. The van der Waals surface area contributed by atoms with Crippen molar-refractivity contribution in [1.29, 1.82) is 0 Å². The number of unbranched alkanes of at least 4 members (excludes halogenated alkanes) is 26. The van der Waals surface area contributed by atoms with Crippen molar-refractivity contribution in [2.45, 2.75) is 220 Å². The molecule has 0 rings (SSSR count). The lowest BCUT2D eigenvalue weighted by Crippen LogP contribution is -2.32. The van der Waals surface area contributed by atoms with Gasteiger partial charge in [0.2, 0.25) is 5.78 Å². The smallest absolute Gasteiger partial charge is 0.316 e. The van der Waals surface area contributed by atoms with Crippen LogP contribution >= 0.6 is 0 Å². The van der Waals surface area contributed by atoms with Gasteiger partial charge in [0.1, 0.15) is 5.92 Å². The summed E-state index contributed by atoms with van der Waals surface area (Å²) in [5, 5.41) is 0. The fourth-order valence-corrected chi connectivity index (χ4v) is 6.00. The van der Waals surface area contributed by atoms with E-state index in [4.69, 9.17) is 4.74 Å². The maximum Gasteiger partial charge on any atom is 0.316 e. The van der Waals surface area contributed by atoms with Crippen molar-refractivity contribution in [3.05, 3.63) is 0 Å². The lowest BCUT2D eigenvalue weighted by molar-refractivity contribution is -0.155. The summed E-state index contributed by atoms with van der Waals surface area (Å²) in [6.45, 7) is 6.79. The van der Waals surface area contributed by atoms with Crippen LogP contribution in [0.3, 0.4) is 0 Å². The van der Waals surface area contributed by atoms with Crippen molar-refractivity contribution in [3.8, 4) is 0 Å². The summed E-state index contributed by atoms with van der Waals surface area (Å²) in [5.41, 5.74) is 0. The van der Waals surface area contributed by atoms with E-state index < -0.39 is 17.7 Å². The van der Waals surface area contributed by atoms with Crippen LogP contribution in [0.25, 0.3) is 0 Å². The van der Waals surface area contributed by atoms with E-state index in [9.17, 15) is 14.4 Å². The zero-order chi connectivity index (χ0) is 31.6. The van der Waals surface area contributed by atoms with Gasteiger partial charge in [0.05, 0.1) is 6.61 Å². The fourth-order valence-electron chi connectivity index (χ4n) is 6.00. The van der Waals surface area contributed by atoms with Crippen LogP contribution in [-0.2, 0) is 19.1 Å². The van der Waals surface area contributed by atoms with Crippen LogP contribution in [0, 0.1) is 5.92 Å². The molecule has 0 saturated heterocycles. The van der Waals surface area contributed by atoms with E-state index >= 15 is 0 Å². The molecule has 1 atom stereocenters. The predicted octanol–water partition coefficient (Wildman–Crippen LogP) is 12.4. The molecule has 4 nitrogen and oxygen atoms in total. The van der Waals surface area contributed by atoms with Gasteiger partial charge in [-0.05, 0) is 19.3 Å². The topological polar surface area (TPSA) is 60.4 Å². The molecule has 0 aromatic rings. The molecular weight excluding hydrogens is 532 g/mol. The minimum Gasteiger partial charge on any atom is -0.465 e. The zero-order valence-electron chi connectivity index (χ0n) is 29.3. The number of esters is 1. The summed E-state index contributed by atoms with van der Waals surface area (Å²) in [6, 6.07) is 0. The van der Waals surface area contributed by atoms with Crippen LogP contribution in [0.4, 0.5) is 0 Å². The van der Waals surface area contributed by atoms with Gasteiger partial charge in [0, 0.05) is 6.42 Å². The molecule has 43 heavy (non-hydrogen) atoms. The third-order valence-electron chi connectivity index (χ3n) is 8.93. The number of ether oxygens (including phenoxy) is 1. The normalized spacial score (nSPS) is 12.0. The minimum absolute atomic E-state index is 0.271. The predicted molar refractivity (Wildman–Crippen MR) is 185 cm³/mol. The first-order valence-electron chi connectivity index (χ1n) is 19.3. The standard InChI is InChI=1S/C39H74O4/c1-4-7-9-11-13-15-17-19-21-23-25-27-29-31-33-36(39(42)43-35-6-3)38(41)37(40)34-32-30-28-26-24-22-20-18-16-14-12-10-8-5-2/h36H,4-35H2,1-3H3. The van der Waals surface area contributed by atoms with Crippen LogP contribution in [0.1, 0.15) is 220 Å². The van der Waals surface area contributed by atoms with E-state index in [-0.39, 0.29) is 12.2 Å². The third kappa shape index (κ3) is 28.1. The summed E-state index contributed by atoms with van der Waals surface area (Å²) >= 11 is 0. The monoisotopic (exact) mass is 607 g/mol. The van der Waals surface area contributed by atoms with E-state index in [0.717, 1.165) is 44.9 Å². The molecule has 254 valence electrons. The molecule has 1 unspecified atom stereocenters. The van der Waals surface area contributed by atoms with E-state index in [2.05, 4.69) is 13.8 Å². The van der Waals surface area contributed by atoms with Crippen molar-refractivity contribution < 1.29 is 19.1 Å². The largest absolute Gasteiger partial charge is 0.465 e. The van der Waals surface area contributed by atoms with Gasteiger partial charge in [-0.25, -0.2) is 0 Å². The Hall–Kier alpha value is -1.19. The van der Waals surface area contributed by atoms with Crippen LogP contribution in [0.15, 0.2) is 0 Å². The van der Waals surface area contributed by atoms with Gasteiger partial charge in [0.15, 0.2) is 5.78 Å². The number of rotatable bonds is 35. The molecule has 0 bridgehead atoms. The first-order chi connectivity index (χ1) is 21.1. The molecule has 0 aliphatic heterocycles. The Morgan fingerprint density at radius 1 is 0.419 bits per heavy atom. The highest BCUT2D eigenvalue weighted by atomic mass is 16.5. The van der Waals surface area contributed by atoms with Crippen LogP contribution in [0.2, 0.25) is 0 Å². The van der Waals surface area contributed by atoms with Crippen LogP contribution in [0.5, 0.6) is 0 Å². The molecule has 0 fully saturated rings. The summed E-state index contributed by atoms with van der Waals surface area (Å²) in [7, 11) is 0. The molecule has 0 aromatic carbocycles. The fraction of sp³-hybridized carbons (Fsp3) is 0.923. The third-order valence-corrected chi connectivity index (χ3v) is 8.93. The summed E-state index contributed by atoms with van der Waals surface area (Å²) < 4.78 is 5.31. The van der Waals surface area contributed by atoms with Crippen molar-refractivity contribution >= 4 is 17.5 Å². The Balaban J connectivity index is 3.99. The van der Waals surface area contributed by atoms with Gasteiger partial charge in [-0.15, -0.1) is 0 Å². The lowest BCUT2D eigenvalue weighted by Gasteiger charge is -2.14. The average Bonchev–Trinajstić information content (AvgIpc) is 3.01. The van der Waals surface area contributed by atoms with Gasteiger partial charge in [-0.3, -0.25) is 14.4 Å². The van der Waals surface area contributed by atoms with Crippen molar-refractivity contribution in [3.63, 3.8) is 0 Å². The molecule has 0 amide bonds. The van der Waals surface area contributed by atoms with Crippen LogP contribution in [-0.4, -0.2) is 24.1 Å². The average molecular weight is 607 g/mol. The number of carbonyl (C=O) groups excluding carboxylic acids is 3. The summed E-state index contributed by atoms with van der Waals surface area (Å²) in [6.07, 6.45) is 36.8. The van der Waals surface area contributed by atoms with Gasteiger partial charge < -0.3 is 4.74 Å². The molecular formula is C39H74O4. The highest BCUT2D eigenvalue weighted by Gasteiger charge is 2.31. The Morgan fingerprint density at radius 3 is 1.09 bits per heavy atom. The van der Waals surface area contributed by atoms with Crippen LogP contribution < -0.4 is 0 Å². The minimum atomic E-state index is -0.900. The van der Waals surface area contributed by atoms with Crippen molar-refractivity contribution in [1.82, 2.24) is 0 Å². The second-order valence-electron chi connectivity index (χ2n) is 13.2. The molecule has 0 aliphatic rings. The Morgan fingerprint density at radius 2 is 0.744 bits per heavy atom. The second kappa shape index (κ2) is 33.7. The number of hydrogen-bond donors (Lipinski definition) is 0. The van der Waals surface area contributed by atoms with Crippen molar-refractivity contribution in [2.24, 2.45) is 5.92 Å². The van der Waals surface area contributed by atoms with Gasteiger partial charge in [0.25, 0.3) is 0 Å². The maximum atomic E-state index is 12.9. The van der Waals surface area contributed by atoms with Gasteiger partial charge >= 0.3 is 5.97 Å². The summed E-state index contributed by atoms with van der Waals surface area (Å²) in [4.78, 5) is 38.2. The molecule has 0 radical (unpaired) electrons. The van der Waals surface area contributed by atoms with E-state index in [1.807, 2.05) is 6.92 Å². The van der Waals surface area contributed by atoms with Crippen molar-refractivity contribution in [2.75, 3.05) is 6.61 Å². The molecule has 0 heterocycles. The molecule has 0 spiro atoms. The second-order valence-corrected chi connectivity index (χ2v) is 13.2.